The number of aromatic nitrogens is 5. The highest BCUT2D eigenvalue weighted by Gasteiger charge is 2.12. The number of aryl methyl sites for hydroxylation is 1. The van der Waals surface area contributed by atoms with Gasteiger partial charge in [0.1, 0.15) is 12.2 Å². The van der Waals surface area contributed by atoms with Crippen molar-refractivity contribution in [1.29, 1.82) is 0 Å². The lowest BCUT2D eigenvalue weighted by atomic mass is 10.6. The van der Waals surface area contributed by atoms with Crippen molar-refractivity contribution in [3.05, 3.63) is 18.0 Å². The van der Waals surface area contributed by atoms with Crippen LogP contribution in [0.5, 0.6) is 0 Å². The average Bonchev–Trinajstić information content (AvgIpc) is 2.43. The molecular weight excluding hydrogens is 174 g/mol. The molecule has 2 rings (SSSR count). The number of fused-ring (bicyclic) bond motifs is 1. The van der Waals surface area contributed by atoms with Crippen LogP contribution in [0.3, 0.4) is 0 Å². The van der Waals surface area contributed by atoms with Gasteiger partial charge in [0.25, 0.3) is 5.78 Å². The molecule has 0 aliphatic rings. The first-order chi connectivity index (χ1) is 6.18. The van der Waals surface area contributed by atoms with E-state index in [1.54, 1.807) is 6.92 Å². The number of nitrogens with zero attached hydrogens (tertiary/aromatic N) is 5. The number of carboxylic acid groups (broad SMARTS) is 1. The Morgan fingerprint density at radius 3 is 3.00 bits per heavy atom. The molecule has 0 amide bonds. The summed E-state index contributed by atoms with van der Waals surface area (Å²) in [6.07, 6.45) is 1.15. The predicted octanol–water partition coefficient (Wildman–Crippen LogP) is -0.474. The molecule has 2 aromatic heterocycles. The van der Waals surface area contributed by atoms with Crippen LogP contribution in [0.15, 0.2) is 6.33 Å². The van der Waals surface area contributed by atoms with Crippen LogP contribution in [0.1, 0.15) is 16.4 Å². The van der Waals surface area contributed by atoms with Crippen molar-refractivity contribution in [2.24, 2.45) is 0 Å². The summed E-state index contributed by atoms with van der Waals surface area (Å²) in [5.74, 6) is -0.643. The summed E-state index contributed by atoms with van der Waals surface area (Å²) >= 11 is 0. The van der Waals surface area contributed by atoms with Gasteiger partial charge in [0.15, 0.2) is 0 Å². The lowest BCUT2D eigenvalue weighted by molar-refractivity contribution is 0.0679. The highest BCUT2D eigenvalue weighted by Crippen LogP contribution is 1.98. The van der Waals surface area contributed by atoms with Gasteiger partial charge in [-0.15, -0.1) is 5.10 Å². The van der Waals surface area contributed by atoms with Crippen molar-refractivity contribution in [2.45, 2.75) is 6.92 Å². The number of hydrogen-bond donors (Lipinski definition) is 1. The van der Waals surface area contributed by atoms with E-state index in [1.807, 2.05) is 0 Å². The number of hydrogen-bond acceptors (Lipinski definition) is 5. The van der Waals surface area contributed by atoms with E-state index in [0.29, 0.717) is 5.82 Å². The predicted molar refractivity (Wildman–Crippen MR) is 40.3 cm³/mol. The van der Waals surface area contributed by atoms with Crippen LogP contribution in [-0.2, 0) is 0 Å². The van der Waals surface area contributed by atoms with Gasteiger partial charge < -0.3 is 5.11 Å². The first-order valence-corrected chi connectivity index (χ1v) is 3.46. The molecule has 0 bridgehead atoms. The average molecular weight is 179 g/mol. The van der Waals surface area contributed by atoms with Gasteiger partial charge in [0, 0.05) is 0 Å². The van der Waals surface area contributed by atoms with Gasteiger partial charge in [-0.3, -0.25) is 0 Å². The third-order valence-corrected chi connectivity index (χ3v) is 1.44. The van der Waals surface area contributed by atoms with Crippen LogP contribution < -0.4 is 0 Å². The fourth-order valence-corrected chi connectivity index (χ4v) is 0.965. The van der Waals surface area contributed by atoms with Crippen molar-refractivity contribution in [3.63, 3.8) is 0 Å². The molecule has 2 heterocycles. The highest BCUT2D eigenvalue weighted by atomic mass is 16.4. The maximum absolute atomic E-state index is 10.6. The summed E-state index contributed by atoms with van der Waals surface area (Å²) in [5, 5.41) is 12.5. The first-order valence-electron chi connectivity index (χ1n) is 3.46. The Morgan fingerprint density at radius 2 is 2.31 bits per heavy atom. The molecule has 66 valence electrons. The molecular formula is C6H5N5O2. The molecule has 0 aliphatic heterocycles. The Kier molecular flexibility index (Phi) is 1.44. The zero-order chi connectivity index (χ0) is 9.42. The van der Waals surface area contributed by atoms with Crippen LogP contribution in [0.25, 0.3) is 5.78 Å². The molecule has 0 aliphatic carbocycles. The molecule has 2 aromatic rings. The molecule has 7 heteroatoms. The van der Waals surface area contributed by atoms with E-state index in [0.717, 1.165) is 10.8 Å². The van der Waals surface area contributed by atoms with Crippen LogP contribution in [0.2, 0.25) is 0 Å². The van der Waals surface area contributed by atoms with Crippen molar-refractivity contribution in [1.82, 2.24) is 24.6 Å². The largest absolute Gasteiger partial charge is 0.475 e. The molecule has 0 saturated heterocycles. The molecule has 0 unspecified atom stereocenters. The highest BCUT2D eigenvalue weighted by molar-refractivity contribution is 5.83. The monoisotopic (exact) mass is 179 g/mol. The maximum atomic E-state index is 10.6. The molecule has 0 fully saturated rings. The van der Waals surface area contributed by atoms with E-state index in [1.165, 1.54) is 0 Å². The first kappa shape index (κ1) is 7.59. The van der Waals surface area contributed by atoms with Crippen LogP contribution in [0, 0.1) is 6.92 Å². The Balaban J connectivity index is 2.82. The van der Waals surface area contributed by atoms with Crippen molar-refractivity contribution in [3.8, 4) is 0 Å². The third-order valence-electron chi connectivity index (χ3n) is 1.44. The minimum absolute atomic E-state index is 0.189. The summed E-state index contributed by atoms with van der Waals surface area (Å²) in [6, 6.07) is 0. The fraction of sp³-hybridized carbons (Fsp3) is 0.167. The lowest BCUT2D eigenvalue weighted by Gasteiger charge is -1.93. The molecule has 0 radical (unpaired) electrons. The Labute approximate surface area is 72.1 Å². The van der Waals surface area contributed by atoms with Crippen molar-refractivity contribution < 1.29 is 9.90 Å². The maximum Gasteiger partial charge on any atom is 0.374 e. The quantitative estimate of drug-likeness (QED) is 0.635. The van der Waals surface area contributed by atoms with Gasteiger partial charge in [0.05, 0.1) is 0 Å². The van der Waals surface area contributed by atoms with Crippen LogP contribution >= 0.6 is 0 Å². The number of rotatable bonds is 1. The summed E-state index contributed by atoms with van der Waals surface area (Å²) < 4.78 is 1.09. The Morgan fingerprint density at radius 1 is 1.54 bits per heavy atom. The smallest absolute Gasteiger partial charge is 0.374 e. The van der Waals surface area contributed by atoms with E-state index >= 15 is 0 Å². The van der Waals surface area contributed by atoms with Crippen LogP contribution in [-0.4, -0.2) is 35.6 Å². The normalized spacial score (nSPS) is 10.5. The molecule has 13 heavy (non-hydrogen) atoms. The second-order valence-corrected chi connectivity index (χ2v) is 2.37. The topological polar surface area (TPSA) is 93.3 Å². The van der Waals surface area contributed by atoms with E-state index in [4.69, 9.17) is 5.11 Å². The molecule has 7 nitrogen and oxygen atoms in total. The van der Waals surface area contributed by atoms with E-state index < -0.39 is 5.97 Å². The van der Waals surface area contributed by atoms with Gasteiger partial charge in [-0.1, -0.05) is 0 Å². The number of carboxylic acids is 1. The fourth-order valence-electron chi connectivity index (χ4n) is 0.965. The summed E-state index contributed by atoms with van der Waals surface area (Å²) in [5.41, 5.74) is 0. The summed E-state index contributed by atoms with van der Waals surface area (Å²) in [4.78, 5) is 21.9. The van der Waals surface area contributed by atoms with Crippen molar-refractivity contribution >= 4 is 11.7 Å². The second kappa shape index (κ2) is 2.47. The van der Waals surface area contributed by atoms with E-state index in [9.17, 15) is 4.79 Å². The molecule has 0 saturated carbocycles. The zero-order valence-corrected chi connectivity index (χ0v) is 6.67. The molecule has 0 spiro atoms. The number of aromatic carboxylic acids is 1. The van der Waals surface area contributed by atoms with E-state index in [-0.39, 0.29) is 11.6 Å². The van der Waals surface area contributed by atoms with Gasteiger partial charge in [-0.05, 0) is 6.92 Å². The summed E-state index contributed by atoms with van der Waals surface area (Å²) in [6.45, 7) is 1.65. The third kappa shape index (κ3) is 1.10. The zero-order valence-electron chi connectivity index (χ0n) is 6.67. The van der Waals surface area contributed by atoms with E-state index in [2.05, 4.69) is 20.1 Å². The lowest BCUT2D eigenvalue weighted by Crippen LogP contribution is -2.10. The minimum atomic E-state index is -1.16. The minimum Gasteiger partial charge on any atom is -0.475 e. The van der Waals surface area contributed by atoms with Gasteiger partial charge >= 0.3 is 5.97 Å². The summed E-state index contributed by atoms with van der Waals surface area (Å²) in [7, 11) is 0. The molecule has 0 atom stereocenters. The Bertz CT molecular complexity index is 477. The molecule has 0 aromatic carbocycles. The standard InChI is InChI=1S/C6H5N5O2/c1-3-9-6-8-2-7-4(5(12)13)11(6)10-3/h2H,1H3,(H,12,13). The second-order valence-electron chi connectivity index (χ2n) is 2.37. The molecule has 1 N–H and O–H groups in total. The number of carbonyl (C=O) groups is 1. The van der Waals surface area contributed by atoms with Crippen LogP contribution in [0.4, 0.5) is 0 Å². The van der Waals surface area contributed by atoms with Gasteiger partial charge in [0.2, 0.25) is 5.82 Å². The Hall–Kier alpha value is -2.05. The van der Waals surface area contributed by atoms with Gasteiger partial charge in [-0.2, -0.15) is 14.5 Å². The van der Waals surface area contributed by atoms with Crippen molar-refractivity contribution in [2.75, 3.05) is 0 Å². The van der Waals surface area contributed by atoms with Gasteiger partial charge in [-0.25, -0.2) is 9.78 Å². The SMILES string of the molecule is Cc1nc2ncnc(C(=O)O)n2n1.